The van der Waals surface area contributed by atoms with Crippen molar-refractivity contribution in [3.8, 4) is 0 Å². The number of amides is 1. The van der Waals surface area contributed by atoms with Crippen LogP contribution in [0, 0.1) is 22.5 Å². The van der Waals surface area contributed by atoms with Crippen molar-refractivity contribution in [2.24, 2.45) is 5.41 Å². The van der Waals surface area contributed by atoms with Crippen LogP contribution in [0.15, 0.2) is 18.2 Å². The minimum Gasteiger partial charge on any atom is -0.378 e. The summed E-state index contributed by atoms with van der Waals surface area (Å²) in [5.41, 5.74) is 1.10. The minimum atomic E-state index is -0.446. The molecule has 1 spiro atoms. The van der Waals surface area contributed by atoms with Gasteiger partial charge in [0.05, 0.1) is 17.6 Å². The van der Waals surface area contributed by atoms with Gasteiger partial charge in [-0.1, -0.05) is 31.9 Å². The third-order valence-electron chi connectivity index (χ3n) is 6.65. The lowest BCUT2D eigenvalue weighted by atomic mass is 9.60. The largest absolute Gasteiger partial charge is 0.378 e. The first-order valence-electron chi connectivity index (χ1n) is 10.8. The van der Waals surface area contributed by atoms with Gasteiger partial charge in [-0.2, -0.15) is 0 Å². The summed E-state index contributed by atoms with van der Waals surface area (Å²) < 4.78 is 6.03. The summed E-state index contributed by atoms with van der Waals surface area (Å²) in [7, 11) is 0. The van der Waals surface area contributed by atoms with Gasteiger partial charge >= 0.3 is 0 Å². The Bertz CT molecular complexity index is 746. The van der Waals surface area contributed by atoms with E-state index in [1.165, 1.54) is 18.9 Å². The molecule has 7 nitrogen and oxygen atoms in total. The normalized spacial score (nSPS) is 22.6. The van der Waals surface area contributed by atoms with Gasteiger partial charge in [-0.25, -0.2) is 0 Å². The summed E-state index contributed by atoms with van der Waals surface area (Å²) >= 11 is 0. The second-order valence-electron chi connectivity index (χ2n) is 8.38. The number of aryl methyl sites for hydroxylation is 1. The molecule has 1 aromatic rings. The van der Waals surface area contributed by atoms with Crippen LogP contribution in [0.3, 0.4) is 0 Å². The smallest absolute Gasteiger partial charge is 0.293 e. The second-order valence-corrected chi connectivity index (χ2v) is 8.38. The van der Waals surface area contributed by atoms with Crippen LogP contribution in [0.5, 0.6) is 0 Å². The van der Waals surface area contributed by atoms with Crippen molar-refractivity contribution in [2.45, 2.75) is 71.4 Å². The highest BCUT2D eigenvalue weighted by atomic mass is 16.6. The Balaban J connectivity index is 1.73. The number of hydrogen-bond acceptors (Lipinski definition) is 5. The van der Waals surface area contributed by atoms with E-state index in [4.69, 9.17) is 4.74 Å². The average Bonchev–Trinajstić information content (AvgIpc) is 3.19. The molecular formula is C22H33N3O4. The molecule has 160 valence electrons. The van der Waals surface area contributed by atoms with Gasteiger partial charge in [0.15, 0.2) is 0 Å². The lowest BCUT2D eigenvalue weighted by Gasteiger charge is -2.57. The van der Waals surface area contributed by atoms with Gasteiger partial charge in [0.1, 0.15) is 5.69 Å². The Morgan fingerprint density at radius 3 is 2.69 bits per heavy atom. The van der Waals surface area contributed by atoms with Crippen LogP contribution in [0.25, 0.3) is 0 Å². The Labute approximate surface area is 172 Å². The number of nitro benzene ring substituents is 1. The molecule has 1 N–H and O–H groups in total. The van der Waals surface area contributed by atoms with Crippen LogP contribution in [0.4, 0.5) is 11.4 Å². The number of nitro groups is 1. The Morgan fingerprint density at radius 1 is 1.34 bits per heavy atom. The molecule has 7 heteroatoms. The lowest BCUT2D eigenvalue weighted by Crippen LogP contribution is -2.64. The molecule has 2 atom stereocenters. The molecule has 2 unspecified atom stereocenters. The fraction of sp³-hybridized carbons (Fsp3) is 0.682. The van der Waals surface area contributed by atoms with Crippen LogP contribution in [0.1, 0.15) is 57.9 Å². The van der Waals surface area contributed by atoms with Crippen LogP contribution in [-0.2, 0) is 9.53 Å². The van der Waals surface area contributed by atoms with E-state index in [2.05, 4.69) is 17.1 Å². The average molecular weight is 404 g/mol. The van der Waals surface area contributed by atoms with E-state index in [1.807, 2.05) is 6.92 Å². The van der Waals surface area contributed by atoms with Crippen molar-refractivity contribution < 1.29 is 14.5 Å². The summed E-state index contributed by atoms with van der Waals surface area (Å²) in [6, 6.07) is 5.19. The van der Waals surface area contributed by atoms with E-state index in [0.717, 1.165) is 38.8 Å². The van der Waals surface area contributed by atoms with Crippen molar-refractivity contribution in [1.29, 1.82) is 0 Å². The number of carbonyl (C=O) groups is 1. The molecular weight excluding hydrogens is 370 g/mol. The highest BCUT2D eigenvalue weighted by Crippen LogP contribution is 2.56. The highest BCUT2D eigenvalue weighted by Gasteiger charge is 2.58. The topological polar surface area (TPSA) is 84.7 Å². The van der Waals surface area contributed by atoms with Crippen LogP contribution in [-0.4, -0.2) is 47.6 Å². The second kappa shape index (κ2) is 9.22. The molecule has 2 saturated carbocycles. The Morgan fingerprint density at radius 2 is 2.07 bits per heavy atom. The zero-order chi connectivity index (χ0) is 21.0. The van der Waals surface area contributed by atoms with Crippen molar-refractivity contribution >= 4 is 17.3 Å². The molecule has 0 saturated heterocycles. The first-order chi connectivity index (χ1) is 13.9. The summed E-state index contributed by atoms with van der Waals surface area (Å²) in [4.78, 5) is 26.0. The maximum Gasteiger partial charge on any atom is 0.293 e. The molecule has 1 aromatic carbocycles. The first-order valence-corrected chi connectivity index (χ1v) is 10.8. The zero-order valence-electron chi connectivity index (χ0n) is 17.8. The number of benzene rings is 1. The predicted molar refractivity (Wildman–Crippen MR) is 113 cm³/mol. The van der Waals surface area contributed by atoms with Gasteiger partial charge in [-0.05, 0) is 51.6 Å². The summed E-state index contributed by atoms with van der Waals surface area (Å²) in [5.74, 6) is -0.191. The fourth-order valence-corrected chi connectivity index (χ4v) is 5.33. The van der Waals surface area contributed by atoms with Gasteiger partial charge in [0, 0.05) is 24.1 Å². The molecule has 1 amide bonds. The number of hydrogen-bond donors (Lipinski definition) is 1. The molecule has 0 aromatic heterocycles. The first kappa shape index (κ1) is 21.7. The van der Waals surface area contributed by atoms with E-state index in [1.54, 1.807) is 19.1 Å². The third-order valence-corrected chi connectivity index (χ3v) is 6.65. The Hall–Kier alpha value is -1.99. The number of nitrogens with zero attached hydrogens (tertiary/aromatic N) is 2. The van der Waals surface area contributed by atoms with Crippen molar-refractivity contribution in [1.82, 2.24) is 4.90 Å². The standard InChI is InChI=1S/C22H33N3O4/c1-4-13-24(18-14-19(29-5-2)22(18)11-6-7-12-22)15-20(26)23-21-16(3)9-8-10-17(21)25(27)28/h8-10,18-19H,4-7,11-15H2,1-3H3,(H,23,26). The molecule has 0 heterocycles. The maximum atomic E-state index is 12.9. The SMILES string of the molecule is CCCN(CC(=O)Nc1c(C)cccc1[N+](=O)[O-])C1CC(OCC)C12CCCC2. The van der Waals surface area contributed by atoms with Gasteiger partial charge in [-0.15, -0.1) is 0 Å². The van der Waals surface area contributed by atoms with Gasteiger partial charge < -0.3 is 10.1 Å². The highest BCUT2D eigenvalue weighted by molar-refractivity contribution is 5.95. The van der Waals surface area contributed by atoms with E-state index < -0.39 is 4.92 Å². The van der Waals surface area contributed by atoms with Crippen LogP contribution < -0.4 is 5.32 Å². The molecule has 2 aliphatic carbocycles. The number of carbonyl (C=O) groups excluding carboxylic acids is 1. The number of nitrogens with one attached hydrogen (secondary N) is 1. The van der Waals surface area contributed by atoms with Gasteiger partial charge in [0.25, 0.3) is 5.69 Å². The lowest BCUT2D eigenvalue weighted by molar-refractivity contribution is -0.384. The van der Waals surface area contributed by atoms with E-state index >= 15 is 0 Å². The third kappa shape index (κ3) is 4.31. The molecule has 0 radical (unpaired) electrons. The van der Waals surface area contributed by atoms with Gasteiger partial charge in [-0.3, -0.25) is 19.8 Å². The summed E-state index contributed by atoms with van der Waals surface area (Å²) in [6.45, 7) is 7.77. The van der Waals surface area contributed by atoms with Crippen molar-refractivity contribution in [3.05, 3.63) is 33.9 Å². The van der Waals surface area contributed by atoms with Gasteiger partial charge in [0.2, 0.25) is 5.91 Å². The maximum absolute atomic E-state index is 12.9. The number of ether oxygens (including phenoxy) is 1. The summed E-state index contributed by atoms with van der Waals surface area (Å²) in [5, 5.41) is 14.2. The van der Waals surface area contributed by atoms with Crippen molar-refractivity contribution in [2.75, 3.05) is 25.0 Å². The number of anilines is 1. The van der Waals surface area contributed by atoms with E-state index in [-0.39, 0.29) is 23.6 Å². The molecule has 0 aliphatic heterocycles. The van der Waals surface area contributed by atoms with E-state index in [9.17, 15) is 14.9 Å². The predicted octanol–water partition coefficient (Wildman–Crippen LogP) is 4.29. The quantitative estimate of drug-likeness (QED) is 0.491. The molecule has 0 bridgehead atoms. The molecule has 29 heavy (non-hydrogen) atoms. The van der Waals surface area contributed by atoms with E-state index in [0.29, 0.717) is 23.4 Å². The van der Waals surface area contributed by atoms with Crippen LogP contribution in [0.2, 0.25) is 0 Å². The molecule has 3 rings (SSSR count). The number of para-hydroxylation sites is 1. The summed E-state index contributed by atoms with van der Waals surface area (Å²) in [6.07, 6.45) is 6.99. The minimum absolute atomic E-state index is 0.0623. The number of rotatable bonds is 9. The van der Waals surface area contributed by atoms with Crippen molar-refractivity contribution in [3.63, 3.8) is 0 Å². The van der Waals surface area contributed by atoms with Crippen LogP contribution >= 0.6 is 0 Å². The Kier molecular flexibility index (Phi) is 6.90. The molecule has 2 fully saturated rings. The fourth-order valence-electron chi connectivity index (χ4n) is 5.33. The molecule has 2 aliphatic rings. The zero-order valence-corrected chi connectivity index (χ0v) is 17.8. The monoisotopic (exact) mass is 403 g/mol.